The molecule has 0 unspecified atom stereocenters. The van der Waals surface area contributed by atoms with E-state index in [1.54, 1.807) is 0 Å². The summed E-state index contributed by atoms with van der Waals surface area (Å²) in [5.41, 5.74) is 0. The van der Waals surface area contributed by atoms with Crippen molar-refractivity contribution in [2.75, 3.05) is 18.0 Å². The van der Waals surface area contributed by atoms with E-state index < -0.39 is 0 Å². The molecule has 0 aromatic carbocycles. The summed E-state index contributed by atoms with van der Waals surface area (Å²) in [6, 6.07) is 5.99. The summed E-state index contributed by atoms with van der Waals surface area (Å²) >= 11 is 0. The maximum atomic E-state index is 4.17. The van der Waals surface area contributed by atoms with Crippen LogP contribution >= 0.6 is 0 Å². The largest absolute Gasteiger partial charge is 0.353 e. The van der Waals surface area contributed by atoms with Crippen molar-refractivity contribution in [3.63, 3.8) is 0 Å². The fourth-order valence-electron chi connectivity index (χ4n) is 0.820. The molecule has 0 bridgehead atoms. The Morgan fingerprint density at radius 2 is 2.22 bits per heavy atom. The summed E-state index contributed by atoms with van der Waals surface area (Å²) in [6.45, 7) is 2.36. The Balaban J connectivity index is 2.29. The van der Waals surface area contributed by atoms with Crippen LogP contribution in [-0.4, -0.2) is 18.1 Å². The third-order valence-corrected chi connectivity index (χ3v) is 1.42. The van der Waals surface area contributed by atoms with Crippen LogP contribution in [0.2, 0.25) is 0 Å². The van der Waals surface area contributed by atoms with Crippen molar-refractivity contribution in [1.29, 1.82) is 0 Å². The third-order valence-electron chi connectivity index (χ3n) is 1.42. The van der Waals surface area contributed by atoms with E-state index in [0.717, 1.165) is 5.82 Å². The first-order valence-electron chi connectivity index (χ1n) is 3.13. The maximum absolute atomic E-state index is 4.17. The lowest BCUT2D eigenvalue weighted by atomic mass is 10.5. The lowest BCUT2D eigenvalue weighted by Gasteiger charge is -1.96. The van der Waals surface area contributed by atoms with Crippen molar-refractivity contribution in [1.82, 2.24) is 4.98 Å². The van der Waals surface area contributed by atoms with Gasteiger partial charge in [-0.2, -0.15) is 0 Å². The van der Waals surface area contributed by atoms with Crippen LogP contribution in [0.5, 0.6) is 0 Å². The predicted octanol–water partition coefficient (Wildman–Crippen LogP) is 0.902. The minimum absolute atomic E-state index is 1.11. The molecule has 2 heteroatoms. The van der Waals surface area contributed by atoms with Gasteiger partial charge in [-0.05, 0) is 12.1 Å². The molecule has 0 spiro atoms. The minimum Gasteiger partial charge on any atom is -0.353 e. The minimum atomic E-state index is 1.11. The van der Waals surface area contributed by atoms with Crippen LogP contribution in [0.3, 0.4) is 0 Å². The van der Waals surface area contributed by atoms with Crippen LogP contribution < -0.4 is 4.90 Å². The number of rotatable bonds is 1. The molecular weight excluding hydrogens is 112 g/mol. The highest BCUT2D eigenvalue weighted by Gasteiger charge is 2.17. The van der Waals surface area contributed by atoms with E-state index in [9.17, 15) is 0 Å². The predicted molar refractivity (Wildman–Crippen MR) is 36.5 cm³/mol. The molecule has 0 amide bonds. The quantitative estimate of drug-likeness (QED) is 0.512. The van der Waals surface area contributed by atoms with Gasteiger partial charge in [0.05, 0.1) is 0 Å². The molecule has 0 atom stereocenters. The summed E-state index contributed by atoms with van der Waals surface area (Å²) in [7, 11) is 0. The first-order chi connectivity index (χ1) is 4.47. The van der Waals surface area contributed by atoms with Crippen LogP contribution in [0.25, 0.3) is 0 Å². The average molecular weight is 120 g/mol. The smallest absolute Gasteiger partial charge is 0.128 e. The van der Waals surface area contributed by atoms with Crippen LogP contribution in [-0.2, 0) is 0 Å². The zero-order chi connectivity index (χ0) is 6.10. The summed E-state index contributed by atoms with van der Waals surface area (Å²) < 4.78 is 0. The van der Waals surface area contributed by atoms with Crippen molar-refractivity contribution < 1.29 is 0 Å². The Morgan fingerprint density at radius 3 is 2.78 bits per heavy atom. The molecule has 0 radical (unpaired) electrons. The number of anilines is 1. The van der Waals surface area contributed by atoms with Gasteiger partial charge in [0.25, 0.3) is 0 Å². The summed E-state index contributed by atoms with van der Waals surface area (Å²) in [6.07, 6.45) is 1.83. The van der Waals surface area contributed by atoms with Gasteiger partial charge in [-0.3, -0.25) is 0 Å². The van der Waals surface area contributed by atoms with Gasteiger partial charge in [0.15, 0.2) is 0 Å². The molecule has 1 aromatic heterocycles. The Hall–Kier alpha value is -1.05. The lowest BCUT2D eigenvalue weighted by Crippen LogP contribution is -1.91. The summed E-state index contributed by atoms with van der Waals surface area (Å²) in [5.74, 6) is 1.11. The van der Waals surface area contributed by atoms with E-state index in [4.69, 9.17) is 0 Å². The molecule has 0 saturated carbocycles. The molecule has 1 aliphatic heterocycles. The van der Waals surface area contributed by atoms with Crippen molar-refractivity contribution in [2.24, 2.45) is 0 Å². The number of nitrogens with zero attached hydrogens (tertiary/aromatic N) is 2. The highest BCUT2D eigenvalue weighted by atomic mass is 15.3. The van der Waals surface area contributed by atoms with Crippen molar-refractivity contribution in [3.05, 3.63) is 24.4 Å². The van der Waals surface area contributed by atoms with Gasteiger partial charge in [-0.25, -0.2) is 4.98 Å². The zero-order valence-electron chi connectivity index (χ0n) is 5.12. The second-order valence-corrected chi connectivity index (χ2v) is 2.17. The number of hydrogen-bond donors (Lipinski definition) is 0. The van der Waals surface area contributed by atoms with E-state index >= 15 is 0 Å². The highest BCUT2D eigenvalue weighted by Crippen LogP contribution is 2.15. The Kier molecular flexibility index (Phi) is 0.918. The Morgan fingerprint density at radius 1 is 1.33 bits per heavy atom. The van der Waals surface area contributed by atoms with Crippen molar-refractivity contribution >= 4 is 5.82 Å². The number of pyridine rings is 1. The molecule has 2 rings (SSSR count). The molecule has 1 aliphatic rings. The maximum Gasteiger partial charge on any atom is 0.128 e. The van der Waals surface area contributed by atoms with Gasteiger partial charge >= 0.3 is 0 Å². The molecule has 0 N–H and O–H groups in total. The summed E-state index contributed by atoms with van der Waals surface area (Å²) in [5, 5.41) is 0. The van der Waals surface area contributed by atoms with Gasteiger partial charge in [-0.15, -0.1) is 0 Å². The van der Waals surface area contributed by atoms with E-state index in [2.05, 4.69) is 9.88 Å². The highest BCUT2D eigenvalue weighted by molar-refractivity contribution is 5.43. The van der Waals surface area contributed by atoms with Crippen LogP contribution in [0.15, 0.2) is 24.4 Å². The van der Waals surface area contributed by atoms with Crippen LogP contribution in [0, 0.1) is 0 Å². The van der Waals surface area contributed by atoms with Gasteiger partial charge in [0.2, 0.25) is 0 Å². The molecular formula is C7H8N2. The average Bonchev–Trinajstić information content (AvgIpc) is 2.71. The van der Waals surface area contributed by atoms with Gasteiger partial charge in [0.1, 0.15) is 5.82 Å². The molecule has 1 aromatic rings. The SMILES string of the molecule is c1ccc(N2CC2)nc1. The van der Waals surface area contributed by atoms with Crippen LogP contribution in [0.1, 0.15) is 0 Å². The summed E-state index contributed by atoms with van der Waals surface area (Å²) in [4.78, 5) is 6.39. The molecule has 1 fully saturated rings. The van der Waals surface area contributed by atoms with E-state index in [0.29, 0.717) is 0 Å². The monoisotopic (exact) mass is 120 g/mol. The lowest BCUT2D eigenvalue weighted by molar-refractivity contribution is 1.23. The fourth-order valence-corrected chi connectivity index (χ4v) is 0.820. The van der Waals surface area contributed by atoms with Crippen molar-refractivity contribution in [2.45, 2.75) is 0 Å². The molecule has 46 valence electrons. The van der Waals surface area contributed by atoms with Gasteiger partial charge in [0, 0.05) is 19.3 Å². The van der Waals surface area contributed by atoms with E-state index in [-0.39, 0.29) is 0 Å². The first-order valence-corrected chi connectivity index (χ1v) is 3.13. The van der Waals surface area contributed by atoms with Crippen LogP contribution in [0.4, 0.5) is 5.82 Å². The number of hydrogen-bond acceptors (Lipinski definition) is 2. The number of aromatic nitrogens is 1. The second kappa shape index (κ2) is 1.72. The molecule has 2 heterocycles. The van der Waals surface area contributed by atoms with Gasteiger partial charge in [-0.1, -0.05) is 6.07 Å². The third kappa shape index (κ3) is 0.875. The standard InChI is InChI=1S/C7H8N2/c1-2-4-8-7(3-1)9-5-6-9/h1-4H,5-6H2. The van der Waals surface area contributed by atoms with E-state index in [1.165, 1.54) is 13.1 Å². The topological polar surface area (TPSA) is 15.9 Å². The van der Waals surface area contributed by atoms with Gasteiger partial charge < -0.3 is 4.90 Å². The molecule has 2 nitrogen and oxygen atoms in total. The van der Waals surface area contributed by atoms with E-state index in [1.807, 2.05) is 24.4 Å². The fraction of sp³-hybridized carbons (Fsp3) is 0.286. The Labute approximate surface area is 54.1 Å². The first kappa shape index (κ1) is 4.79. The molecule has 0 aliphatic carbocycles. The zero-order valence-corrected chi connectivity index (χ0v) is 5.12. The van der Waals surface area contributed by atoms with Crippen molar-refractivity contribution in [3.8, 4) is 0 Å². The normalized spacial score (nSPS) is 15.8. The Bertz CT molecular complexity index is 191. The molecule has 1 saturated heterocycles. The second-order valence-electron chi connectivity index (χ2n) is 2.17. The molecule has 9 heavy (non-hydrogen) atoms.